The minimum atomic E-state index is -2.86. The standard InChI is InChI=1S/C20H19F2NO3/c21-20(22)26-17-8-6-15(7-9-17)14-18(16-4-2-1-3-5-16)19(24)23-10-12-25-13-11-23/h1-9,14,20H,10-13H2/b18-14+. The third-order valence-electron chi connectivity index (χ3n) is 4.03. The Balaban J connectivity index is 1.89. The molecule has 136 valence electrons. The predicted molar refractivity (Wildman–Crippen MR) is 94.8 cm³/mol. The average molecular weight is 359 g/mol. The Bertz CT molecular complexity index is 754. The van der Waals surface area contributed by atoms with Crippen molar-refractivity contribution in [3.63, 3.8) is 0 Å². The zero-order valence-electron chi connectivity index (χ0n) is 14.1. The molecule has 0 saturated carbocycles. The van der Waals surface area contributed by atoms with Crippen molar-refractivity contribution in [1.82, 2.24) is 4.90 Å². The first-order valence-electron chi connectivity index (χ1n) is 8.32. The molecule has 2 aromatic carbocycles. The van der Waals surface area contributed by atoms with Crippen molar-refractivity contribution in [3.05, 3.63) is 65.7 Å². The molecule has 0 radical (unpaired) electrons. The molecule has 4 nitrogen and oxygen atoms in total. The van der Waals surface area contributed by atoms with Crippen molar-refractivity contribution in [3.8, 4) is 5.75 Å². The van der Waals surface area contributed by atoms with E-state index in [4.69, 9.17) is 4.74 Å². The zero-order chi connectivity index (χ0) is 18.4. The maximum absolute atomic E-state index is 13.0. The van der Waals surface area contributed by atoms with Crippen molar-refractivity contribution < 1.29 is 23.0 Å². The molecule has 3 rings (SSSR count). The van der Waals surface area contributed by atoms with Crippen molar-refractivity contribution in [2.75, 3.05) is 26.3 Å². The summed E-state index contributed by atoms with van der Waals surface area (Å²) in [5, 5.41) is 0. The number of hydrogen-bond acceptors (Lipinski definition) is 3. The van der Waals surface area contributed by atoms with Crippen LogP contribution in [0.2, 0.25) is 0 Å². The van der Waals surface area contributed by atoms with E-state index in [9.17, 15) is 13.6 Å². The Morgan fingerprint density at radius 2 is 1.69 bits per heavy atom. The highest BCUT2D eigenvalue weighted by atomic mass is 19.3. The molecule has 26 heavy (non-hydrogen) atoms. The van der Waals surface area contributed by atoms with Crippen LogP contribution in [0.1, 0.15) is 11.1 Å². The van der Waals surface area contributed by atoms with Crippen LogP contribution in [0.3, 0.4) is 0 Å². The molecule has 6 heteroatoms. The Hall–Kier alpha value is -2.73. The first-order chi connectivity index (χ1) is 12.6. The van der Waals surface area contributed by atoms with Crippen molar-refractivity contribution >= 4 is 17.6 Å². The second kappa shape index (κ2) is 8.58. The van der Waals surface area contributed by atoms with Gasteiger partial charge in [0.05, 0.1) is 13.2 Å². The van der Waals surface area contributed by atoms with Crippen LogP contribution in [-0.2, 0) is 9.53 Å². The smallest absolute Gasteiger partial charge is 0.387 e. The van der Waals surface area contributed by atoms with Gasteiger partial charge < -0.3 is 14.4 Å². The maximum Gasteiger partial charge on any atom is 0.387 e. The van der Waals surface area contributed by atoms with E-state index in [0.717, 1.165) is 11.1 Å². The van der Waals surface area contributed by atoms with Crippen molar-refractivity contribution in [2.24, 2.45) is 0 Å². The molecular formula is C20H19F2NO3. The fourth-order valence-corrected chi connectivity index (χ4v) is 2.74. The molecule has 1 heterocycles. The minimum Gasteiger partial charge on any atom is -0.435 e. The molecule has 0 bridgehead atoms. The first kappa shape index (κ1) is 18.1. The van der Waals surface area contributed by atoms with Gasteiger partial charge in [0.15, 0.2) is 0 Å². The van der Waals surface area contributed by atoms with Gasteiger partial charge in [-0.2, -0.15) is 8.78 Å². The zero-order valence-corrected chi connectivity index (χ0v) is 14.1. The molecule has 2 aromatic rings. The molecule has 0 spiro atoms. The summed E-state index contributed by atoms with van der Waals surface area (Å²) >= 11 is 0. The van der Waals surface area contributed by atoms with Gasteiger partial charge in [0.2, 0.25) is 0 Å². The minimum absolute atomic E-state index is 0.0765. The van der Waals surface area contributed by atoms with E-state index < -0.39 is 6.61 Å². The van der Waals surface area contributed by atoms with Gasteiger partial charge in [-0.15, -0.1) is 0 Å². The highest BCUT2D eigenvalue weighted by molar-refractivity contribution is 6.24. The Labute approximate surface area is 150 Å². The molecule has 0 aromatic heterocycles. The third-order valence-corrected chi connectivity index (χ3v) is 4.03. The van der Waals surface area contributed by atoms with Gasteiger partial charge in [-0.05, 0) is 29.3 Å². The molecule has 1 amide bonds. The number of rotatable bonds is 5. The highest BCUT2D eigenvalue weighted by Crippen LogP contribution is 2.23. The third kappa shape index (κ3) is 4.67. The summed E-state index contributed by atoms with van der Waals surface area (Å²) < 4.78 is 34.2. The summed E-state index contributed by atoms with van der Waals surface area (Å²) in [6.45, 7) is -0.728. The van der Waals surface area contributed by atoms with E-state index in [1.54, 1.807) is 23.1 Å². The lowest BCUT2D eigenvalue weighted by Crippen LogP contribution is -2.41. The Morgan fingerprint density at radius 1 is 1.04 bits per heavy atom. The Kier molecular flexibility index (Phi) is 5.96. The van der Waals surface area contributed by atoms with E-state index in [2.05, 4.69) is 4.74 Å². The predicted octanol–water partition coefficient (Wildman–Crippen LogP) is 3.69. The number of hydrogen-bond donors (Lipinski definition) is 0. The lowest BCUT2D eigenvalue weighted by molar-refractivity contribution is -0.128. The van der Waals surface area contributed by atoms with E-state index in [-0.39, 0.29) is 11.7 Å². The number of morpholine rings is 1. The topological polar surface area (TPSA) is 38.8 Å². The van der Waals surface area contributed by atoms with Gasteiger partial charge in [0, 0.05) is 18.7 Å². The molecule has 1 aliphatic rings. The number of halogens is 2. The fraction of sp³-hybridized carbons (Fsp3) is 0.250. The largest absolute Gasteiger partial charge is 0.435 e. The van der Waals surface area contributed by atoms with Gasteiger partial charge in [-0.25, -0.2) is 0 Å². The van der Waals surface area contributed by atoms with Crippen LogP contribution in [0.25, 0.3) is 11.6 Å². The molecule has 1 aliphatic heterocycles. The number of amides is 1. The van der Waals surface area contributed by atoms with Crippen LogP contribution in [0.15, 0.2) is 54.6 Å². The summed E-state index contributed by atoms with van der Waals surface area (Å²) in [7, 11) is 0. The summed E-state index contributed by atoms with van der Waals surface area (Å²) in [6, 6.07) is 15.6. The van der Waals surface area contributed by atoms with Crippen LogP contribution < -0.4 is 4.74 Å². The maximum atomic E-state index is 13.0. The second-order valence-electron chi connectivity index (χ2n) is 5.78. The summed E-state index contributed by atoms with van der Waals surface area (Å²) in [5.74, 6) is 0.00493. The molecule has 0 atom stereocenters. The van der Waals surface area contributed by atoms with Crippen LogP contribution in [0.5, 0.6) is 5.75 Å². The normalized spacial score (nSPS) is 15.2. The summed E-state index contributed by atoms with van der Waals surface area (Å²) in [4.78, 5) is 14.8. The second-order valence-corrected chi connectivity index (χ2v) is 5.78. The fourth-order valence-electron chi connectivity index (χ4n) is 2.74. The van der Waals surface area contributed by atoms with E-state index in [1.807, 2.05) is 30.3 Å². The number of carbonyl (C=O) groups is 1. The average Bonchev–Trinajstić information content (AvgIpc) is 2.68. The van der Waals surface area contributed by atoms with E-state index in [0.29, 0.717) is 31.9 Å². The van der Waals surface area contributed by atoms with E-state index >= 15 is 0 Å². The van der Waals surface area contributed by atoms with Crippen molar-refractivity contribution in [1.29, 1.82) is 0 Å². The number of ether oxygens (including phenoxy) is 2. The molecule has 0 N–H and O–H groups in total. The van der Waals surface area contributed by atoms with Crippen LogP contribution in [0.4, 0.5) is 8.78 Å². The molecule has 0 aliphatic carbocycles. The van der Waals surface area contributed by atoms with Crippen molar-refractivity contribution in [2.45, 2.75) is 6.61 Å². The number of nitrogens with zero attached hydrogens (tertiary/aromatic N) is 1. The number of benzene rings is 2. The number of alkyl halides is 2. The van der Waals surface area contributed by atoms with Crippen LogP contribution in [0, 0.1) is 0 Å². The molecule has 0 unspecified atom stereocenters. The highest BCUT2D eigenvalue weighted by Gasteiger charge is 2.21. The van der Waals surface area contributed by atoms with Gasteiger partial charge in [-0.1, -0.05) is 42.5 Å². The van der Waals surface area contributed by atoms with Gasteiger partial charge in [0.25, 0.3) is 5.91 Å². The van der Waals surface area contributed by atoms with Gasteiger partial charge in [0.1, 0.15) is 5.75 Å². The van der Waals surface area contributed by atoms with Crippen LogP contribution in [-0.4, -0.2) is 43.7 Å². The summed E-state index contributed by atoms with van der Waals surface area (Å²) in [6.07, 6.45) is 1.76. The van der Waals surface area contributed by atoms with Gasteiger partial charge in [-0.3, -0.25) is 4.79 Å². The number of carbonyl (C=O) groups excluding carboxylic acids is 1. The quantitative estimate of drug-likeness (QED) is 0.604. The monoisotopic (exact) mass is 359 g/mol. The lowest BCUT2D eigenvalue weighted by atomic mass is 10.0. The molecule has 1 fully saturated rings. The van der Waals surface area contributed by atoms with E-state index in [1.165, 1.54) is 12.1 Å². The first-order valence-corrected chi connectivity index (χ1v) is 8.32. The summed E-state index contributed by atoms with van der Waals surface area (Å²) in [5.41, 5.74) is 2.08. The Morgan fingerprint density at radius 3 is 2.31 bits per heavy atom. The molecule has 1 saturated heterocycles. The lowest BCUT2D eigenvalue weighted by Gasteiger charge is -2.28. The SMILES string of the molecule is O=C(/C(=C/c1ccc(OC(F)F)cc1)c1ccccc1)N1CCOCC1. The molecular weight excluding hydrogens is 340 g/mol. The van der Waals surface area contributed by atoms with Crippen LogP contribution >= 0.6 is 0 Å². The van der Waals surface area contributed by atoms with Gasteiger partial charge >= 0.3 is 6.61 Å².